The van der Waals surface area contributed by atoms with Crippen LogP contribution >= 0.6 is 11.3 Å². The van der Waals surface area contributed by atoms with Gasteiger partial charge in [0.1, 0.15) is 0 Å². The molecule has 5 heteroatoms. The summed E-state index contributed by atoms with van der Waals surface area (Å²) in [6, 6.07) is 7.99. The number of thiazole rings is 1. The van der Waals surface area contributed by atoms with Crippen LogP contribution in [0.5, 0.6) is 0 Å². The number of hydrogen-bond acceptors (Lipinski definition) is 4. The van der Waals surface area contributed by atoms with E-state index in [1.807, 2.05) is 38.1 Å². The Morgan fingerprint density at radius 1 is 1.43 bits per heavy atom. The summed E-state index contributed by atoms with van der Waals surface area (Å²) in [6.45, 7) is 4.34. The van der Waals surface area contributed by atoms with E-state index in [1.54, 1.807) is 11.3 Å². The Labute approximate surface area is 129 Å². The predicted molar refractivity (Wildman–Crippen MR) is 86.4 cm³/mol. The van der Waals surface area contributed by atoms with Gasteiger partial charge in [0.15, 0.2) is 0 Å². The molecule has 0 aliphatic rings. The number of rotatable bonds is 7. The molecule has 0 bridgehead atoms. The maximum atomic E-state index is 11.8. The van der Waals surface area contributed by atoms with Gasteiger partial charge in [-0.05, 0) is 18.1 Å². The van der Waals surface area contributed by atoms with Crippen molar-refractivity contribution in [2.75, 3.05) is 6.54 Å². The SMILES string of the molecule is CCC(C)C(O)CNC(=O)CCc1nc2ccccc2s1. The Balaban J connectivity index is 1.78. The number of amides is 1. The van der Waals surface area contributed by atoms with E-state index in [2.05, 4.69) is 10.3 Å². The van der Waals surface area contributed by atoms with Crippen molar-refractivity contribution >= 4 is 27.5 Å². The fourth-order valence-electron chi connectivity index (χ4n) is 2.03. The van der Waals surface area contributed by atoms with Gasteiger partial charge < -0.3 is 10.4 Å². The zero-order valence-corrected chi connectivity index (χ0v) is 13.3. The predicted octanol–water partition coefficient (Wildman–Crippen LogP) is 2.75. The van der Waals surface area contributed by atoms with Gasteiger partial charge in [0.2, 0.25) is 5.91 Å². The van der Waals surface area contributed by atoms with Crippen molar-refractivity contribution < 1.29 is 9.90 Å². The van der Waals surface area contributed by atoms with E-state index in [0.29, 0.717) is 19.4 Å². The molecule has 0 saturated heterocycles. The molecule has 0 saturated carbocycles. The molecule has 2 rings (SSSR count). The van der Waals surface area contributed by atoms with Gasteiger partial charge in [-0.25, -0.2) is 4.98 Å². The Morgan fingerprint density at radius 3 is 2.90 bits per heavy atom. The summed E-state index contributed by atoms with van der Waals surface area (Å²) in [4.78, 5) is 16.3. The number of aliphatic hydroxyl groups is 1. The van der Waals surface area contributed by atoms with Gasteiger partial charge >= 0.3 is 0 Å². The van der Waals surface area contributed by atoms with Gasteiger partial charge in [0.25, 0.3) is 0 Å². The maximum Gasteiger partial charge on any atom is 0.220 e. The number of aromatic nitrogens is 1. The first-order chi connectivity index (χ1) is 10.1. The molecule has 2 aromatic rings. The lowest BCUT2D eigenvalue weighted by molar-refractivity contribution is -0.121. The van der Waals surface area contributed by atoms with Crippen molar-refractivity contribution in [1.82, 2.24) is 10.3 Å². The highest BCUT2D eigenvalue weighted by molar-refractivity contribution is 7.18. The maximum absolute atomic E-state index is 11.8. The number of hydrogen-bond donors (Lipinski definition) is 2. The summed E-state index contributed by atoms with van der Waals surface area (Å²) in [6.07, 6.45) is 1.49. The minimum Gasteiger partial charge on any atom is -0.391 e. The summed E-state index contributed by atoms with van der Waals surface area (Å²) in [5.74, 6) is 0.172. The fraction of sp³-hybridized carbons (Fsp3) is 0.500. The number of nitrogens with one attached hydrogen (secondary N) is 1. The number of aryl methyl sites for hydroxylation is 1. The van der Waals surface area contributed by atoms with Crippen molar-refractivity contribution in [2.45, 2.75) is 39.2 Å². The Kier molecular flexibility index (Phi) is 5.70. The Hall–Kier alpha value is -1.46. The van der Waals surface area contributed by atoms with Crippen LogP contribution in [0, 0.1) is 5.92 Å². The minimum absolute atomic E-state index is 0.0309. The van der Waals surface area contributed by atoms with Crippen molar-refractivity contribution in [1.29, 1.82) is 0 Å². The molecule has 2 unspecified atom stereocenters. The van der Waals surface area contributed by atoms with Gasteiger partial charge in [0, 0.05) is 19.4 Å². The molecular formula is C16H22N2O2S. The fourth-order valence-corrected chi connectivity index (χ4v) is 2.99. The zero-order chi connectivity index (χ0) is 15.2. The number of nitrogens with zero attached hydrogens (tertiary/aromatic N) is 1. The second-order valence-corrected chi connectivity index (χ2v) is 6.45. The van der Waals surface area contributed by atoms with E-state index in [9.17, 15) is 9.90 Å². The topological polar surface area (TPSA) is 62.2 Å². The number of fused-ring (bicyclic) bond motifs is 1. The standard InChI is InChI=1S/C16H22N2O2S/c1-3-11(2)13(19)10-17-15(20)8-9-16-18-12-6-4-5-7-14(12)21-16/h4-7,11,13,19H,3,8-10H2,1-2H3,(H,17,20). The number of aliphatic hydroxyl groups excluding tert-OH is 1. The third kappa shape index (κ3) is 4.51. The molecule has 2 N–H and O–H groups in total. The summed E-state index contributed by atoms with van der Waals surface area (Å²) in [5.41, 5.74) is 0.991. The second kappa shape index (κ2) is 7.52. The molecule has 1 aromatic carbocycles. The largest absolute Gasteiger partial charge is 0.391 e. The molecular weight excluding hydrogens is 284 g/mol. The van der Waals surface area contributed by atoms with Crippen LogP contribution in [0.25, 0.3) is 10.2 Å². The third-order valence-corrected chi connectivity index (χ3v) is 4.81. The molecule has 21 heavy (non-hydrogen) atoms. The molecule has 4 nitrogen and oxygen atoms in total. The minimum atomic E-state index is -0.471. The molecule has 0 fully saturated rings. The van der Waals surface area contributed by atoms with Crippen LogP contribution in [0.1, 0.15) is 31.7 Å². The summed E-state index contributed by atoms with van der Waals surface area (Å²) in [5, 5.41) is 13.6. The summed E-state index contributed by atoms with van der Waals surface area (Å²) < 4.78 is 1.15. The van der Waals surface area contributed by atoms with Crippen LogP contribution in [-0.4, -0.2) is 28.6 Å². The zero-order valence-electron chi connectivity index (χ0n) is 12.5. The lowest BCUT2D eigenvalue weighted by Crippen LogP contribution is -2.35. The quantitative estimate of drug-likeness (QED) is 0.827. The van der Waals surface area contributed by atoms with Crippen LogP contribution in [0.2, 0.25) is 0 Å². The van der Waals surface area contributed by atoms with E-state index < -0.39 is 6.10 Å². The van der Waals surface area contributed by atoms with E-state index >= 15 is 0 Å². The van der Waals surface area contributed by atoms with Crippen molar-refractivity contribution in [3.05, 3.63) is 29.3 Å². The van der Waals surface area contributed by atoms with E-state index in [4.69, 9.17) is 0 Å². The highest BCUT2D eigenvalue weighted by Gasteiger charge is 2.13. The first-order valence-corrected chi connectivity index (χ1v) is 8.21. The van der Waals surface area contributed by atoms with Gasteiger partial charge in [-0.2, -0.15) is 0 Å². The van der Waals surface area contributed by atoms with Crippen LogP contribution < -0.4 is 5.32 Å². The average molecular weight is 306 g/mol. The highest BCUT2D eigenvalue weighted by Crippen LogP contribution is 2.22. The number of para-hydroxylation sites is 1. The molecule has 2 atom stereocenters. The van der Waals surface area contributed by atoms with Crippen LogP contribution in [0.15, 0.2) is 24.3 Å². The molecule has 0 radical (unpaired) electrons. The molecule has 0 aliphatic carbocycles. The molecule has 114 valence electrons. The number of carbonyl (C=O) groups is 1. The molecule has 0 aliphatic heterocycles. The van der Waals surface area contributed by atoms with Crippen molar-refractivity contribution in [3.8, 4) is 0 Å². The summed E-state index contributed by atoms with van der Waals surface area (Å²) in [7, 11) is 0. The highest BCUT2D eigenvalue weighted by atomic mass is 32.1. The molecule has 1 aromatic heterocycles. The van der Waals surface area contributed by atoms with E-state index in [0.717, 1.165) is 21.6 Å². The molecule has 0 spiro atoms. The van der Waals surface area contributed by atoms with Crippen LogP contribution in [0.3, 0.4) is 0 Å². The first-order valence-electron chi connectivity index (χ1n) is 7.39. The smallest absolute Gasteiger partial charge is 0.220 e. The summed E-state index contributed by atoms with van der Waals surface area (Å²) >= 11 is 1.63. The van der Waals surface area contributed by atoms with Gasteiger partial charge in [-0.15, -0.1) is 11.3 Å². The molecule has 1 amide bonds. The lowest BCUT2D eigenvalue weighted by atomic mass is 10.0. The van der Waals surface area contributed by atoms with E-state index in [-0.39, 0.29) is 11.8 Å². The monoisotopic (exact) mass is 306 g/mol. The van der Waals surface area contributed by atoms with Gasteiger partial charge in [0.05, 0.1) is 21.3 Å². The lowest BCUT2D eigenvalue weighted by Gasteiger charge is -2.17. The van der Waals surface area contributed by atoms with Crippen LogP contribution in [-0.2, 0) is 11.2 Å². The third-order valence-electron chi connectivity index (χ3n) is 3.71. The normalized spacial score (nSPS) is 14.0. The Bertz CT molecular complexity index is 564. The average Bonchev–Trinajstić information content (AvgIpc) is 2.92. The first kappa shape index (κ1) is 15.9. The molecule has 1 heterocycles. The van der Waals surface area contributed by atoms with Crippen molar-refractivity contribution in [3.63, 3.8) is 0 Å². The van der Waals surface area contributed by atoms with E-state index in [1.165, 1.54) is 0 Å². The number of carbonyl (C=O) groups excluding carboxylic acids is 1. The van der Waals surface area contributed by atoms with Crippen LogP contribution in [0.4, 0.5) is 0 Å². The Morgan fingerprint density at radius 2 is 2.19 bits per heavy atom. The van der Waals surface area contributed by atoms with Gasteiger partial charge in [-0.1, -0.05) is 32.4 Å². The van der Waals surface area contributed by atoms with Gasteiger partial charge in [-0.3, -0.25) is 4.79 Å². The van der Waals surface area contributed by atoms with Crippen molar-refractivity contribution in [2.24, 2.45) is 5.92 Å². The second-order valence-electron chi connectivity index (χ2n) is 5.33. The number of benzene rings is 1.